The summed E-state index contributed by atoms with van der Waals surface area (Å²) in [5.41, 5.74) is -0.358. The largest absolute Gasteiger partial charge is 0.478 e. The summed E-state index contributed by atoms with van der Waals surface area (Å²) >= 11 is 5.78. The van der Waals surface area contributed by atoms with Gasteiger partial charge < -0.3 is 10.4 Å². The fraction of sp³-hybridized carbons (Fsp3) is 0.0769. The number of nitrogens with one attached hydrogen (secondary N) is 1. The van der Waals surface area contributed by atoms with Gasteiger partial charge in [-0.2, -0.15) is 0 Å². The molecule has 7 nitrogen and oxygen atoms in total. The van der Waals surface area contributed by atoms with Gasteiger partial charge in [0.05, 0.1) is 5.56 Å². The number of carbonyl (C=O) groups is 2. The van der Waals surface area contributed by atoms with Crippen LogP contribution in [0.3, 0.4) is 0 Å². The zero-order chi connectivity index (χ0) is 15.4. The number of anilines is 1. The maximum atomic E-state index is 11.8. The van der Waals surface area contributed by atoms with E-state index in [4.69, 9.17) is 16.7 Å². The number of carbonyl (C=O) groups excluding carboxylic acids is 1. The van der Waals surface area contributed by atoms with Crippen LogP contribution < -0.4 is 11.0 Å². The summed E-state index contributed by atoms with van der Waals surface area (Å²) in [6, 6.07) is 5.48. The predicted octanol–water partition coefficient (Wildman–Crippen LogP) is 1.23. The lowest BCUT2D eigenvalue weighted by atomic mass is 10.2. The minimum Gasteiger partial charge on any atom is -0.478 e. The predicted molar refractivity (Wildman–Crippen MR) is 75.5 cm³/mol. The van der Waals surface area contributed by atoms with Crippen LogP contribution in [0.1, 0.15) is 10.4 Å². The zero-order valence-electron chi connectivity index (χ0n) is 10.6. The van der Waals surface area contributed by atoms with Crippen LogP contribution in [0.15, 0.2) is 41.5 Å². The van der Waals surface area contributed by atoms with Crippen molar-refractivity contribution < 1.29 is 14.7 Å². The van der Waals surface area contributed by atoms with Crippen molar-refractivity contribution >= 4 is 29.2 Å². The highest BCUT2D eigenvalue weighted by Crippen LogP contribution is 2.19. The molecule has 0 radical (unpaired) electrons. The van der Waals surface area contributed by atoms with Gasteiger partial charge in [-0.3, -0.25) is 9.36 Å². The van der Waals surface area contributed by atoms with Crippen molar-refractivity contribution in [2.75, 3.05) is 5.32 Å². The van der Waals surface area contributed by atoms with Gasteiger partial charge in [-0.25, -0.2) is 14.6 Å². The molecule has 0 saturated heterocycles. The Labute approximate surface area is 123 Å². The Hall–Kier alpha value is -2.67. The normalized spacial score (nSPS) is 10.1. The SMILES string of the molecule is O=C(Cn1cccnc1=O)Nc1cc(Cl)cc(C(=O)O)c1. The molecule has 108 valence electrons. The molecule has 1 aromatic carbocycles. The summed E-state index contributed by atoms with van der Waals surface area (Å²) in [5.74, 6) is -1.65. The maximum absolute atomic E-state index is 11.8. The average Bonchev–Trinajstić information content (AvgIpc) is 2.40. The zero-order valence-corrected chi connectivity index (χ0v) is 11.4. The molecule has 0 fully saturated rings. The van der Waals surface area contributed by atoms with E-state index in [9.17, 15) is 14.4 Å². The molecule has 0 atom stereocenters. The Morgan fingerprint density at radius 1 is 1.33 bits per heavy atom. The standard InChI is InChI=1S/C13H10ClN3O4/c14-9-4-8(12(19)20)5-10(6-9)16-11(18)7-17-3-1-2-15-13(17)21/h1-6H,7H2,(H,16,18)(H,19,20). The molecule has 0 aliphatic rings. The van der Waals surface area contributed by atoms with E-state index in [1.165, 1.54) is 36.7 Å². The number of hydrogen-bond acceptors (Lipinski definition) is 4. The van der Waals surface area contributed by atoms with Crippen molar-refractivity contribution in [1.82, 2.24) is 9.55 Å². The summed E-state index contributed by atoms with van der Waals surface area (Å²) < 4.78 is 1.12. The van der Waals surface area contributed by atoms with Gasteiger partial charge in [0.1, 0.15) is 6.54 Å². The second-order valence-corrected chi connectivity index (χ2v) is 4.55. The van der Waals surface area contributed by atoms with Crippen molar-refractivity contribution in [2.24, 2.45) is 0 Å². The number of hydrogen-bond donors (Lipinski definition) is 2. The van der Waals surface area contributed by atoms with E-state index in [1.54, 1.807) is 0 Å². The van der Waals surface area contributed by atoms with Gasteiger partial charge >= 0.3 is 11.7 Å². The van der Waals surface area contributed by atoms with Crippen molar-refractivity contribution in [2.45, 2.75) is 6.54 Å². The van der Waals surface area contributed by atoms with E-state index in [2.05, 4.69) is 10.3 Å². The third-order valence-electron chi connectivity index (χ3n) is 2.53. The van der Waals surface area contributed by atoms with Gasteiger partial charge in [0.15, 0.2) is 0 Å². The molecule has 0 unspecified atom stereocenters. The summed E-state index contributed by atoms with van der Waals surface area (Å²) in [6.07, 6.45) is 2.75. The lowest BCUT2D eigenvalue weighted by molar-refractivity contribution is -0.116. The molecule has 0 saturated carbocycles. The number of carboxylic acids is 1. The topological polar surface area (TPSA) is 101 Å². The molecule has 0 aliphatic heterocycles. The molecule has 8 heteroatoms. The molecule has 0 bridgehead atoms. The molecule has 0 spiro atoms. The van der Waals surface area contributed by atoms with Crippen LogP contribution in [-0.4, -0.2) is 26.5 Å². The van der Waals surface area contributed by atoms with E-state index in [0.717, 1.165) is 4.57 Å². The quantitative estimate of drug-likeness (QED) is 0.884. The Morgan fingerprint density at radius 3 is 2.76 bits per heavy atom. The molecule has 2 rings (SSSR count). The highest BCUT2D eigenvalue weighted by Gasteiger charge is 2.09. The number of benzene rings is 1. The number of aromatic carboxylic acids is 1. The highest BCUT2D eigenvalue weighted by atomic mass is 35.5. The summed E-state index contributed by atoms with van der Waals surface area (Å²) in [5, 5.41) is 11.6. The van der Waals surface area contributed by atoms with Crippen molar-refractivity contribution in [3.05, 3.63) is 57.7 Å². The fourth-order valence-electron chi connectivity index (χ4n) is 1.65. The van der Waals surface area contributed by atoms with Crippen LogP contribution >= 0.6 is 11.6 Å². The fourth-order valence-corrected chi connectivity index (χ4v) is 1.88. The minimum absolute atomic E-state index is 0.0451. The van der Waals surface area contributed by atoms with Crippen LogP contribution in [-0.2, 0) is 11.3 Å². The second-order valence-electron chi connectivity index (χ2n) is 4.11. The molecule has 2 aromatic rings. The third-order valence-corrected chi connectivity index (χ3v) is 2.74. The van der Waals surface area contributed by atoms with Gasteiger partial charge in [-0.1, -0.05) is 11.6 Å². The first kappa shape index (κ1) is 14.7. The first-order valence-electron chi connectivity index (χ1n) is 5.81. The first-order chi connectivity index (χ1) is 9.95. The molecular weight excluding hydrogens is 298 g/mol. The smallest absolute Gasteiger partial charge is 0.347 e. The monoisotopic (exact) mass is 307 g/mol. The number of carboxylic acid groups (broad SMARTS) is 1. The third kappa shape index (κ3) is 3.90. The Morgan fingerprint density at radius 2 is 2.10 bits per heavy atom. The molecule has 0 aliphatic carbocycles. The van der Waals surface area contributed by atoms with Crippen LogP contribution in [0, 0.1) is 0 Å². The van der Waals surface area contributed by atoms with Crippen molar-refractivity contribution in [3.8, 4) is 0 Å². The number of nitrogens with zero attached hydrogens (tertiary/aromatic N) is 2. The summed E-state index contributed by atoms with van der Waals surface area (Å²) in [6.45, 7) is -0.235. The molecule has 1 amide bonds. The van der Waals surface area contributed by atoms with E-state index in [0.29, 0.717) is 0 Å². The molecular formula is C13H10ClN3O4. The Kier molecular flexibility index (Phi) is 4.34. The lowest BCUT2D eigenvalue weighted by Gasteiger charge is -2.08. The van der Waals surface area contributed by atoms with E-state index < -0.39 is 17.6 Å². The van der Waals surface area contributed by atoms with Crippen LogP contribution in [0.2, 0.25) is 5.02 Å². The Bertz CT molecular complexity index is 757. The van der Waals surface area contributed by atoms with Crippen LogP contribution in [0.5, 0.6) is 0 Å². The van der Waals surface area contributed by atoms with Gasteiger partial charge in [-0.05, 0) is 24.3 Å². The molecule has 1 heterocycles. The minimum atomic E-state index is -1.16. The highest BCUT2D eigenvalue weighted by molar-refractivity contribution is 6.31. The van der Waals surface area contributed by atoms with Crippen molar-refractivity contribution in [3.63, 3.8) is 0 Å². The van der Waals surface area contributed by atoms with Crippen molar-refractivity contribution in [1.29, 1.82) is 0 Å². The molecule has 21 heavy (non-hydrogen) atoms. The van der Waals surface area contributed by atoms with Crippen LogP contribution in [0.25, 0.3) is 0 Å². The number of rotatable bonds is 4. The summed E-state index contributed by atoms with van der Waals surface area (Å²) in [7, 11) is 0. The maximum Gasteiger partial charge on any atom is 0.347 e. The Balaban J connectivity index is 2.15. The first-order valence-corrected chi connectivity index (χ1v) is 6.19. The van der Waals surface area contributed by atoms with Crippen LogP contribution in [0.4, 0.5) is 5.69 Å². The molecule has 2 N–H and O–H groups in total. The van der Waals surface area contributed by atoms with E-state index in [1.807, 2.05) is 0 Å². The summed E-state index contributed by atoms with van der Waals surface area (Å²) in [4.78, 5) is 37.6. The van der Waals surface area contributed by atoms with Gasteiger partial charge in [-0.15, -0.1) is 0 Å². The molecule has 1 aromatic heterocycles. The lowest BCUT2D eigenvalue weighted by Crippen LogP contribution is -2.28. The number of amides is 1. The average molecular weight is 308 g/mol. The van der Waals surface area contributed by atoms with Gasteiger partial charge in [0.25, 0.3) is 0 Å². The van der Waals surface area contributed by atoms with Gasteiger partial charge in [0, 0.05) is 23.1 Å². The second kappa shape index (κ2) is 6.19. The van der Waals surface area contributed by atoms with E-state index >= 15 is 0 Å². The number of halogens is 1. The number of aromatic nitrogens is 2. The van der Waals surface area contributed by atoms with Gasteiger partial charge in [0.2, 0.25) is 5.91 Å². The van der Waals surface area contributed by atoms with E-state index in [-0.39, 0.29) is 22.8 Å².